The van der Waals surface area contributed by atoms with Crippen molar-refractivity contribution in [3.8, 4) is 0 Å². The number of nitrogens with zero attached hydrogens (tertiary/aromatic N) is 1. The molecule has 1 aliphatic heterocycles. The molecule has 2 aromatic rings. The van der Waals surface area contributed by atoms with E-state index >= 15 is 0 Å². The highest BCUT2D eigenvalue weighted by Gasteiger charge is 2.26. The summed E-state index contributed by atoms with van der Waals surface area (Å²) in [6.07, 6.45) is 1.86. The van der Waals surface area contributed by atoms with E-state index in [1.54, 1.807) is 0 Å². The van der Waals surface area contributed by atoms with Gasteiger partial charge < -0.3 is 10.1 Å². The summed E-state index contributed by atoms with van der Waals surface area (Å²) in [6.45, 7) is 2.74. The molecule has 0 aromatic heterocycles. The average molecular weight is 324 g/mol. The number of carbonyl (C=O) groups excluding carboxylic acids is 1. The fourth-order valence-corrected chi connectivity index (χ4v) is 3.02. The van der Waals surface area contributed by atoms with E-state index < -0.39 is 0 Å². The average Bonchev–Trinajstić information content (AvgIpc) is 2.66. The van der Waals surface area contributed by atoms with Gasteiger partial charge in [0.05, 0.1) is 0 Å². The van der Waals surface area contributed by atoms with E-state index in [0.717, 1.165) is 37.1 Å². The molecule has 3 rings (SSSR count). The van der Waals surface area contributed by atoms with Crippen LogP contribution in [0.25, 0.3) is 0 Å². The molecule has 1 N–H and O–H groups in total. The molecule has 1 saturated heterocycles. The van der Waals surface area contributed by atoms with Gasteiger partial charge in [-0.05, 0) is 30.5 Å². The lowest BCUT2D eigenvalue weighted by molar-refractivity contribution is 0.0712. The molecule has 4 nitrogen and oxygen atoms in total. The Labute approximate surface area is 143 Å². The molecule has 0 saturated carbocycles. The highest BCUT2D eigenvalue weighted by Crippen LogP contribution is 2.16. The van der Waals surface area contributed by atoms with Crippen LogP contribution < -0.4 is 5.32 Å². The van der Waals surface area contributed by atoms with Crippen molar-refractivity contribution >= 4 is 6.09 Å². The molecule has 0 aliphatic carbocycles. The monoisotopic (exact) mass is 324 g/mol. The summed E-state index contributed by atoms with van der Waals surface area (Å²) in [5.74, 6) is 0. The number of carbonyl (C=O) groups is 1. The van der Waals surface area contributed by atoms with Crippen molar-refractivity contribution in [2.45, 2.75) is 32.0 Å². The Morgan fingerprint density at radius 1 is 1.04 bits per heavy atom. The summed E-state index contributed by atoms with van der Waals surface area (Å²) in [5, 5.41) is 3.38. The topological polar surface area (TPSA) is 41.6 Å². The van der Waals surface area contributed by atoms with Crippen LogP contribution in [0.3, 0.4) is 0 Å². The smallest absolute Gasteiger partial charge is 0.410 e. The van der Waals surface area contributed by atoms with Crippen molar-refractivity contribution in [1.82, 2.24) is 10.2 Å². The normalized spacial score (nSPS) is 17.2. The Morgan fingerprint density at radius 2 is 1.71 bits per heavy atom. The maximum Gasteiger partial charge on any atom is 0.410 e. The highest BCUT2D eigenvalue weighted by atomic mass is 16.6. The molecule has 1 heterocycles. The van der Waals surface area contributed by atoms with Crippen LogP contribution in [0.5, 0.6) is 0 Å². The third-order valence-corrected chi connectivity index (χ3v) is 4.35. The van der Waals surface area contributed by atoms with Crippen LogP contribution in [0, 0.1) is 0 Å². The number of hydrogen-bond acceptors (Lipinski definition) is 3. The number of nitrogens with one attached hydrogen (secondary N) is 1. The SMILES string of the molecule is O=C(OCc1ccccc1)N(Cc1ccccc1)[C@@H]1CCCNC1. The summed E-state index contributed by atoms with van der Waals surface area (Å²) in [6, 6.07) is 20.1. The summed E-state index contributed by atoms with van der Waals surface area (Å²) in [4.78, 5) is 14.6. The number of ether oxygens (including phenoxy) is 1. The van der Waals surface area contributed by atoms with Gasteiger partial charge in [0.2, 0.25) is 0 Å². The van der Waals surface area contributed by atoms with Crippen molar-refractivity contribution in [2.24, 2.45) is 0 Å². The maximum absolute atomic E-state index is 12.7. The van der Waals surface area contributed by atoms with Gasteiger partial charge in [0.25, 0.3) is 0 Å². The van der Waals surface area contributed by atoms with Gasteiger partial charge in [-0.1, -0.05) is 60.7 Å². The van der Waals surface area contributed by atoms with Crippen molar-refractivity contribution in [1.29, 1.82) is 0 Å². The van der Waals surface area contributed by atoms with Gasteiger partial charge in [-0.15, -0.1) is 0 Å². The van der Waals surface area contributed by atoms with Crippen molar-refractivity contribution < 1.29 is 9.53 Å². The minimum absolute atomic E-state index is 0.183. The summed E-state index contributed by atoms with van der Waals surface area (Å²) in [5.41, 5.74) is 2.13. The van der Waals surface area contributed by atoms with Crippen LogP contribution in [0.1, 0.15) is 24.0 Å². The third-order valence-electron chi connectivity index (χ3n) is 4.35. The van der Waals surface area contributed by atoms with Crippen molar-refractivity contribution in [3.05, 3.63) is 71.8 Å². The molecular weight excluding hydrogens is 300 g/mol. The van der Waals surface area contributed by atoms with Crippen LogP contribution in [0.2, 0.25) is 0 Å². The molecule has 1 atom stereocenters. The zero-order valence-corrected chi connectivity index (χ0v) is 13.9. The number of piperidine rings is 1. The number of rotatable bonds is 5. The van der Waals surface area contributed by atoms with Gasteiger partial charge in [-0.25, -0.2) is 4.79 Å². The fraction of sp³-hybridized carbons (Fsp3) is 0.350. The summed E-state index contributed by atoms with van der Waals surface area (Å²) >= 11 is 0. The largest absolute Gasteiger partial charge is 0.445 e. The molecule has 126 valence electrons. The predicted molar refractivity (Wildman–Crippen MR) is 94.5 cm³/mol. The van der Waals surface area contributed by atoms with E-state index in [2.05, 4.69) is 5.32 Å². The molecule has 0 radical (unpaired) electrons. The standard InChI is InChI=1S/C20H24N2O2/c23-20(24-16-18-10-5-2-6-11-18)22(19-12-7-13-21-14-19)15-17-8-3-1-4-9-17/h1-6,8-11,19,21H,7,12-16H2/t19-/m1/s1. The first-order valence-electron chi connectivity index (χ1n) is 8.55. The Balaban J connectivity index is 1.67. The second-order valence-electron chi connectivity index (χ2n) is 6.15. The zero-order chi connectivity index (χ0) is 16.6. The van der Waals surface area contributed by atoms with Crippen molar-refractivity contribution in [3.63, 3.8) is 0 Å². The molecular formula is C20H24N2O2. The number of hydrogen-bond donors (Lipinski definition) is 1. The van der Waals surface area contributed by atoms with E-state index in [9.17, 15) is 4.79 Å². The molecule has 1 fully saturated rings. The van der Waals surface area contributed by atoms with Crippen LogP contribution >= 0.6 is 0 Å². The predicted octanol–water partition coefficient (Wildman–Crippen LogP) is 3.58. The molecule has 24 heavy (non-hydrogen) atoms. The lowest BCUT2D eigenvalue weighted by atomic mass is 10.1. The van der Waals surface area contributed by atoms with Gasteiger partial charge in [0.15, 0.2) is 0 Å². The summed E-state index contributed by atoms with van der Waals surface area (Å²) in [7, 11) is 0. The second kappa shape index (κ2) is 8.50. The zero-order valence-electron chi connectivity index (χ0n) is 13.9. The van der Waals surface area contributed by atoms with Gasteiger partial charge >= 0.3 is 6.09 Å². The van der Waals surface area contributed by atoms with Gasteiger partial charge in [0.1, 0.15) is 6.61 Å². The first-order chi connectivity index (χ1) is 11.8. The molecule has 1 amide bonds. The Hall–Kier alpha value is -2.33. The lowest BCUT2D eigenvalue weighted by Gasteiger charge is -2.34. The first-order valence-corrected chi connectivity index (χ1v) is 8.55. The second-order valence-corrected chi connectivity index (χ2v) is 6.15. The van der Waals surface area contributed by atoms with Gasteiger partial charge in [-0.2, -0.15) is 0 Å². The third kappa shape index (κ3) is 4.59. The van der Waals surface area contributed by atoms with E-state index in [1.807, 2.05) is 65.6 Å². The van der Waals surface area contributed by atoms with Gasteiger partial charge in [0, 0.05) is 19.1 Å². The molecule has 1 aliphatic rings. The lowest BCUT2D eigenvalue weighted by Crippen LogP contribution is -2.48. The van der Waals surface area contributed by atoms with E-state index in [4.69, 9.17) is 4.74 Å². The van der Waals surface area contributed by atoms with Crippen molar-refractivity contribution in [2.75, 3.05) is 13.1 Å². The maximum atomic E-state index is 12.7. The van der Waals surface area contributed by atoms with Crippen LogP contribution in [-0.4, -0.2) is 30.1 Å². The Morgan fingerprint density at radius 3 is 2.33 bits per heavy atom. The quantitative estimate of drug-likeness (QED) is 0.914. The summed E-state index contributed by atoms with van der Waals surface area (Å²) < 4.78 is 5.57. The number of benzene rings is 2. The fourth-order valence-electron chi connectivity index (χ4n) is 3.02. The van der Waals surface area contributed by atoms with E-state index in [-0.39, 0.29) is 12.1 Å². The minimum Gasteiger partial charge on any atom is -0.445 e. The molecule has 0 bridgehead atoms. The first kappa shape index (κ1) is 16.5. The van der Waals surface area contributed by atoms with Gasteiger partial charge in [-0.3, -0.25) is 4.90 Å². The van der Waals surface area contributed by atoms with Crippen LogP contribution in [-0.2, 0) is 17.9 Å². The molecule has 4 heteroatoms. The molecule has 0 spiro atoms. The Kier molecular flexibility index (Phi) is 5.85. The Bertz CT molecular complexity index is 625. The molecule has 2 aromatic carbocycles. The van der Waals surface area contributed by atoms with Crippen LogP contribution in [0.15, 0.2) is 60.7 Å². The van der Waals surface area contributed by atoms with E-state index in [1.165, 1.54) is 0 Å². The van der Waals surface area contributed by atoms with Crippen LogP contribution in [0.4, 0.5) is 4.79 Å². The minimum atomic E-state index is -0.239. The molecule has 0 unspecified atom stereocenters. The number of amides is 1. The highest BCUT2D eigenvalue weighted by molar-refractivity contribution is 5.68. The van der Waals surface area contributed by atoms with E-state index in [0.29, 0.717) is 13.2 Å².